The van der Waals surface area contributed by atoms with Crippen LogP contribution in [0.5, 0.6) is 0 Å². The van der Waals surface area contributed by atoms with Gasteiger partial charge in [0.2, 0.25) is 5.60 Å². The normalized spacial score (nSPS) is 25.9. The lowest BCUT2D eigenvalue weighted by Gasteiger charge is -2.36. The number of amidine groups is 1. The summed E-state index contributed by atoms with van der Waals surface area (Å²) in [5.41, 5.74) is 5.93. The molecule has 1 aromatic rings. The zero-order valence-electron chi connectivity index (χ0n) is 17.2. The van der Waals surface area contributed by atoms with E-state index in [1.54, 1.807) is 0 Å². The molecule has 1 N–H and O–H groups in total. The van der Waals surface area contributed by atoms with Gasteiger partial charge in [-0.1, -0.05) is 6.07 Å². The number of carbonyl (C=O) groups excluding carboxylic acids is 1. The molecule has 6 nitrogen and oxygen atoms in total. The van der Waals surface area contributed by atoms with Crippen molar-refractivity contribution in [2.24, 2.45) is 10.9 Å². The Morgan fingerprint density at radius 3 is 2.52 bits per heavy atom. The van der Waals surface area contributed by atoms with Crippen molar-refractivity contribution in [2.45, 2.75) is 63.9 Å². The molecule has 0 aromatic heterocycles. The van der Waals surface area contributed by atoms with Crippen molar-refractivity contribution < 1.29 is 19.0 Å². The number of hydrogen-bond donors (Lipinski definition) is 1. The summed E-state index contributed by atoms with van der Waals surface area (Å²) >= 11 is 0. The predicted octanol–water partition coefficient (Wildman–Crippen LogP) is 3.19. The summed E-state index contributed by atoms with van der Waals surface area (Å²) in [4.78, 5) is 17.6. The third kappa shape index (κ3) is 3.21. The molecule has 0 amide bonds. The van der Waals surface area contributed by atoms with E-state index in [0.717, 1.165) is 38.5 Å². The number of esters is 1. The van der Waals surface area contributed by atoms with E-state index in [1.807, 2.05) is 6.92 Å². The van der Waals surface area contributed by atoms with E-state index in [1.165, 1.54) is 40.8 Å². The molecule has 1 atom stereocenters. The monoisotopic (exact) mass is 398 g/mol. The standard InChI is InChI=1S/C23H30N2O4/c1-2-28-21(26)23(17-9-11-27-12-10-17)14-24-22(29-23)25-20-18-7-3-5-15(18)13-16-6-4-8-19(16)20/h13,17H,2-12,14H2,1H3,(H,24,25)/t23-/m0/s1. The van der Waals surface area contributed by atoms with Crippen LogP contribution in [0.25, 0.3) is 0 Å². The van der Waals surface area contributed by atoms with Crippen LogP contribution in [0.3, 0.4) is 0 Å². The number of aryl methyl sites for hydroxylation is 2. The number of carbonyl (C=O) groups is 1. The summed E-state index contributed by atoms with van der Waals surface area (Å²) < 4.78 is 17.3. The van der Waals surface area contributed by atoms with Gasteiger partial charge in [0, 0.05) is 24.8 Å². The van der Waals surface area contributed by atoms with E-state index in [2.05, 4.69) is 16.4 Å². The quantitative estimate of drug-likeness (QED) is 0.789. The van der Waals surface area contributed by atoms with Crippen LogP contribution in [0.2, 0.25) is 0 Å². The second-order valence-electron chi connectivity index (χ2n) is 8.58. The van der Waals surface area contributed by atoms with Crippen molar-refractivity contribution >= 4 is 17.7 Å². The zero-order valence-corrected chi connectivity index (χ0v) is 17.2. The van der Waals surface area contributed by atoms with Crippen molar-refractivity contribution in [3.8, 4) is 0 Å². The number of fused-ring (bicyclic) bond motifs is 2. The fourth-order valence-corrected chi connectivity index (χ4v) is 5.47. The van der Waals surface area contributed by atoms with Gasteiger partial charge in [-0.25, -0.2) is 9.79 Å². The molecule has 1 fully saturated rings. The lowest BCUT2D eigenvalue weighted by molar-refractivity contribution is -0.169. The smallest absolute Gasteiger partial charge is 0.352 e. The van der Waals surface area contributed by atoms with E-state index < -0.39 is 5.60 Å². The Bertz CT molecular complexity index is 812. The first-order valence-electron chi connectivity index (χ1n) is 11.1. The zero-order chi connectivity index (χ0) is 19.8. The Morgan fingerprint density at radius 2 is 1.86 bits per heavy atom. The number of aliphatic imine (C=N–C) groups is 1. The van der Waals surface area contributed by atoms with Gasteiger partial charge in [0.05, 0.1) is 13.2 Å². The maximum atomic E-state index is 12.9. The minimum Gasteiger partial charge on any atom is -0.463 e. The van der Waals surface area contributed by atoms with Crippen LogP contribution >= 0.6 is 0 Å². The highest BCUT2D eigenvalue weighted by Crippen LogP contribution is 2.40. The predicted molar refractivity (Wildman–Crippen MR) is 110 cm³/mol. The van der Waals surface area contributed by atoms with Crippen LogP contribution < -0.4 is 5.32 Å². The van der Waals surface area contributed by atoms with Gasteiger partial charge in [0.15, 0.2) is 0 Å². The molecule has 0 spiro atoms. The Morgan fingerprint density at radius 1 is 1.17 bits per heavy atom. The number of nitrogens with zero attached hydrogens (tertiary/aromatic N) is 1. The molecule has 29 heavy (non-hydrogen) atoms. The number of hydrogen-bond acceptors (Lipinski definition) is 6. The minimum absolute atomic E-state index is 0.0607. The summed E-state index contributed by atoms with van der Waals surface area (Å²) in [6.07, 6.45) is 8.49. The first-order chi connectivity index (χ1) is 14.2. The van der Waals surface area contributed by atoms with Crippen LogP contribution in [0, 0.1) is 5.92 Å². The van der Waals surface area contributed by atoms with Gasteiger partial charge in [-0.15, -0.1) is 0 Å². The van der Waals surface area contributed by atoms with Gasteiger partial charge < -0.3 is 19.5 Å². The molecule has 2 aliphatic carbocycles. The summed E-state index contributed by atoms with van der Waals surface area (Å²) in [7, 11) is 0. The maximum Gasteiger partial charge on any atom is 0.352 e. The molecule has 0 bridgehead atoms. The number of benzene rings is 1. The summed E-state index contributed by atoms with van der Waals surface area (Å²) in [6.45, 7) is 3.79. The Hall–Kier alpha value is -2.08. The summed E-state index contributed by atoms with van der Waals surface area (Å²) in [5.74, 6) is -0.235. The highest BCUT2D eigenvalue weighted by Gasteiger charge is 2.53. The molecule has 0 unspecified atom stereocenters. The molecule has 2 aliphatic heterocycles. The van der Waals surface area contributed by atoms with Crippen molar-refractivity contribution in [2.75, 3.05) is 31.7 Å². The lowest BCUT2D eigenvalue weighted by atomic mass is 9.82. The second-order valence-corrected chi connectivity index (χ2v) is 8.58. The highest BCUT2D eigenvalue weighted by atomic mass is 16.6. The van der Waals surface area contributed by atoms with E-state index in [0.29, 0.717) is 32.4 Å². The third-order valence-corrected chi connectivity index (χ3v) is 6.94. The molecule has 0 radical (unpaired) electrons. The first kappa shape index (κ1) is 18.9. The van der Waals surface area contributed by atoms with Gasteiger partial charge >= 0.3 is 5.97 Å². The third-order valence-electron chi connectivity index (χ3n) is 6.94. The Balaban J connectivity index is 1.42. The van der Waals surface area contributed by atoms with Crippen molar-refractivity contribution in [1.82, 2.24) is 0 Å². The largest absolute Gasteiger partial charge is 0.463 e. The van der Waals surface area contributed by atoms with E-state index in [4.69, 9.17) is 14.2 Å². The molecule has 6 heteroatoms. The topological polar surface area (TPSA) is 69.2 Å². The number of nitrogens with one attached hydrogen (secondary N) is 1. The average Bonchev–Trinajstić information content (AvgIpc) is 3.48. The van der Waals surface area contributed by atoms with E-state index >= 15 is 0 Å². The van der Waals surface area contributed by atoms with Crippen LogP contribution in [0.15, 0.2) is 11.1 Å². The SMILES string of the molecule is CCOC(=O)[C@@]1(C2CCOCC2)CN=C(Nc2c3c(cc4c2CCC4)CCC3)O1. The maximum absolute atomic E-state index is 12.9. The molecule has 4 aliphatic rings. The van der Waals surface area contributed by atoms with Crippen LogP contribution in [0.1, 0.15) is 54.9 Å². The second kappa shape index (κ2) is 7.63. The van der Waals surface area contributed by atoms with Gasteiger partial charge in [-0.05, 0) is 80.5 Å². The van der Waals surface area contributed by atoms with Crippen molar-refractivity contribution in [3.63, 3.8) is 0 Å². The molecule has 1 saturated heterocycles. The average molecular weight is 399 g/mol. The fraction of sp³-hybridized carbons (Fsp3) is 0.652. The molecule has 5 rings (SSSR count). The van der Waals surface area contributed by atoms with Gasteiger partial charge in [0.1, 0.15) is 0 Å². The van der Waals surface area contributed by atoms with Crippen LogP contribution in [-0.2, 0) is 44.7 Å². The van der Waals surface area contributed by atoms with Gasteiger partial charge in [0.25, 0.3) is 6.02 Å². The molecule has 156 valence electrons. The molecule has 1 aromatic carbocycles. The molecule has 2 heterocycles. The van der Waals surface area contributed by atoms with Crippen molar-refractivity contribution in [1.29, 1.82) is 0 Å². The van der Waals surface area contributed by atoms with E-state index in [-0.39, 0.29) is 11.9 Å². The fourth-order valence-electron chi connectivity index (χ4n) is 5.47. The first-order valence-corrected chi connectivity index (χ1v) is 11.1. The molecule has 0 saturated carbocycles. The van der Waals surface area contributed by atoms with Crippen LogP contribution in [-0.4, -0.2) is 44.0 Å². The number of rotatable bonds is 4. The lowest BCUT2D eigenvalue weighted by Crippen LogP contribution is -2.52. The molecular weight excluding hydrogens is 368 g/mol. The number of anilines is 1. The van der Waals surface area contributed by atoms with Crippen LogP contribution in [0.4, 0.5) is 5.69 Å². The van der Waals surface area contributed by atoms with Gasteiger partial charge in [-0.3, -0.25) is 0 Å². The Labute approximate surface area is 172 Å². The van der Waals surface area contributed by atoms with Gasteiger partial charge in [-0.2, -0.15) is 0 Å². The van der Waals surface area contributed by atoms with Crippen molar-refractivity contribution in [3.05, 3.63) is 28.3 Å². The van der Waals surface area contributed by atoms with E-state index in [9.17, 15) is 4.79 Å². The summed E-state index contributed by atoms with van der Waals surface area (Å²) in [5, 5.41) is 3.52. The minimum atomic E-state index is -1.02. The number of ether oxygens (including phenoxy) is 3. The molecular formula is C23H30N2O4. The highest BCUT2D eigenvalue weighted by molar-refractivity contribution is 5.96. The summed E-state index contributed by atoms with van der Waals surface area (Å²) in [6, 6.07) is 2.89. The Kier molecular flexibility index (Phi) is 4.98.